The SMILES string of the molecule is Cc1cnn(Cc2cc(F)cc(C#CCCO)c2)c(=O)c1. The first-order valence-electron chi connectivity index (χ1n) is 6.51. The summed E-state index contributed by atoms with van der Waals surface area (Å²) in [6, 6.07) is 5.86. The van der Waals surface area contributed by atoms with Gasteiger partial charge < -0.3 is 5.11 Å². The van der Waals surface area contributed by atoms with E-state index < -0.39 is 5.82 Å². The monoisotopic (exact) mass is 286 g/mol. The van der Waals surface area contributed by atoms with Gasteiger partial charge in [0.05, 0.1) is 19.3 Å². The van der Waals surface area contributed by atoms with Crippen molar-refractivity contribution in [1.29, 1.82) is 0 Å². The first kappa shape index (κ1) is 14.9. The lowest BCUT2D eigenvalue weighted by Crippen LogP contribution is -2.22. The fourth-order valence-electron chi connectivity index (χ4n) is 1.85. The van der Waals surface area contributed by atoms with Crippen molar-refractivity contribution in [2.75, 3.05) is 6.61 Å². The van der Waals surface area contributed by atoms with Crippen LogP contribution in [0.1, 0.15) is 23.1 Å². The third kappa shape index (κ3) is 4.26. The van der Waals surface area contributed by atoms with Crippen LogP contribution in [0.2, 0.25) is 0 Å². The van der Waals surface area contributed by atoms with E-state index in [0.29, 0.717) is 17.5 Å². The van der Waals surface area contributed by atoms with Crippen molar-refractivity contribution in [3.8, 4) is 11.8 Å². The zero-order valence-electron chi connectivity index (χ0n) is 11.6. The maximum Gasteiger partial charge on any atom is 0.267 e. The predicted molar refractivity (Wildman–Crippen MR) is 77.3 cm³/mol. The molecule has 0 spiro atoms. The van der Waals surface area contributed by atoms with Crippen molar-refractivity contribution >= 4 is 0 Å². The first-order valence-corrected chi connectivity index (χ1v) is 6.51. The molecule has 0 unspecified atom stereocenters. The maximum absolute atomic E-state index is 13.6. The van der Waals surface area contributed by atoms with Crippen LogP contribution in [0.15, 0.2) is 35.3 Å². The maximum atomic E-state index is 13.6. The molecule has 108 valence electrons. The third-order valence-corrected chi connectivity index (χ3v) is 2.77. The molecule has 1 aromatic heterocycles. The molecule has 0 saturated heterocycles. The summed E-state index contributed by atoms with van der Waals surface area (Å²) >= 11 is 0. The number of aromatic nitrogens is 2. The summed E-state index contributed by atoms with van der Waals surface area (Å²) < 4.78 is 14.8. The van der Waals surface area contributed by atoms with E-state index in [1.165, 1.54) is 22.9 Å². The third-order valence-electron chi connectivity index (χ3n) is 2.77. The van der Waals surface area contributed by atoms with Gasteiger partial charge in [-0.05, 0) is 36.2 Å². The summed E-state index contributed by atoms with van der Waals surface area (Å²) in [7, 11) is 0. The van der Waals surface area contributed by atoms with E-state index in [2.05, 4.69) is 16.9 Å². The Morgan fingerprint density at radius 3 is 2.86 bits per heavy atom. The quantitative estimate of drug-likeness (QED) is 0.869. The van der Waals surface area contributed by atoms with Crippen molar-refractivity contribution < 1.29 is 9.50 Å². The van der Waals surface area contributed by atoms with Gasteiger partial charge in [0, 0.05) is 18.1 Å². The van der Waals surface area contributed by atoms with Gasteiger partial charge in [0.1, 0.15) is 5.82 Å². The van der Waals surface area contributed by atoms with E-state index >= 15 is 0 Å². The Hall–Kier alpha value is -2.45. The molecule has 2 rings (SSSR count). The van der Waals surface area contributed by atoms with Gasteiger partial charge in [-0.25, -0.2) is 9.07 Å². The van der Waals surface area contributed by atoms with E-state index in [0.717, 1.165) is 5.56 Å². The van der Waals surface area contributed by atoms with Crippen LogP contribution in [-0.2, 0) is 6.54 Å². The number of aryl methyl sites for hydroxylation is 1. The molecule has 0 aliphatic carbocycles. The zero-order chi connectivity index (χ0) is 15.2. The van der Waals surface area contributed by atoms with Crippen LogP contribution in [0.5, 0.6) is 0 Å². The second kappa shape index (κ2) is 6.82. The Labute approximate surface area is 121 Å². The Bertz CT molecular complexity index is 757. The van der Waals surface area contributed by atoms with Gasteiger partial charge in [-0.2, -0.15) is 5.10 Å². The molecule has 0 aliphatic heterocycles. The molecule has 1 N–H and O–H groups in total. The average Bonchev–Trinajstić information content (AvgIpc) is 2.42. The smallest absolute Gasteiger partial charge is 0.267 e. The Morgan fingerprint density at radius 1 is 1.33 bits per heavy atom. The average molecular weight is 286 g/mol. The number of aliphatic hydroxyl groups is 1. The summed E-state index contributed by atoms with van der Waals surface area (Å²) in [6.07, 6.45) is 1.92. The molecule has 0 aliphatic rings. The molecular weight excluding hydrogens is 271 g/mol. The van der Waals surface area contributed by atoms with E-state index in [1.54, 1.807) is 19.2 Å². The molecule has 1 heterocycles. The number of halogens is 1. The lowest BCUT2D eigenvalue weighted by molar-refractivity contribution is 0.305. The predicted octanol–water partition coefficient (Wildman–Crippen LogP) is 1.47. The molecule has 21 heavy (non-hydrogen) atoms. The standard InChI is InChI=1S/C16H15FN2O2/c1-12-6-16(21)19(18-10-12)11-14-7-13(4-2-3-5-20)8-15(17)9-14/h6-10,20H,3,5,11H2,1H3. The highest BCUT2D eigenvalue weighted by Gasteiger charge is 2.03. The lowest BCUT2D eigenvalue weighted by Gasteiger charge is -2.05. The molecule has 5 heteroatoms. The van der Waals surface area contributed by atoms with Crippen molar-refractivity contribution in [2.24, 2.45) is 0 Å². The molecule has 0 saturated carbocycles. The minimum Gasteiger partial charge on any atom is -0.395 e. The number of aliphatic hydroxyl groups excluding tert-OH is 1. The lowest BCUT2D eigenvalue weighted by atomic mass is 10.1. The van der Waals surface area contributed by atoms with Gasteiger partial charge in [-0.1, -0.05) is 11.8 Å². The minimum absolute atomic E-state index is 0.0299. The van der Waals surface area contributed by atoms with Crippen LogP contribution in [0, 0.1) is 24.6 Å². The van der Waals surface area contributed by atoms with Gasteiger partial charge in [0.2, 0.25) is 0 Å². The highest BCUT2D eigenvalue weighted by atomic mass is 19.1. The Morgan fingerprint density at radius 2 is 2.14 bits per heavy atom. The summed E-state index contributed by atoms with van der Waals surface area (Å²) in [5, 5.41) is 12.7. The second-order valence-electron chi connectivity index (χ2n) is 4.65. The summed E-state index contributed by atoms with van der Waals surface area (Å²) in [4.78, 5) is 11.8. The molecule has 0 bridgehead atoms. The van der Waals surface area contributed by atoms with E-state index in [-0.39, 0.29) is 18.7 Å². The van der Waals surface area contributed by atoms with Gasteiger partial charge in [0.25, 0.3) is 5.56 Å². The molecule has 0 atom stereocenters. The van der Waals surface area contributed by atoms with E-state index in [9.17, 15) is 9.18 Å². The van der Waals surface area contributed by atoms with E-state index in [4.69, 9.17) is 5.11 Å². The number of nitrogens with zero attached hydrogens (tertiary/aromatic N) is 2. The van der Waals surface area contributed by atoms with Crippen LogP contribution in [0.3, 0.4) is 0 Å². The molecular formula is C16H15FN2O2. The Balaban J connectivity index is 2.28. The van der Waals surface area contributed by atoms with Gasteiger partial charge in [-0.3, -0.25) is 4.79 Å². The zero-order valence-corrected chi connectivity index (χ0v) is 11.6. The highest BCUT2D eigenvalue weighted by molar-refractivity contribution is 5.37. The largest absolute Gasteiger partial charge is 0.395 e. The molecule has 4 nitrogen and oxygen atoms in total. The van der Waals surface area contributed by atoms with Crippen molar-refractivity contribution in [2.45, 2.75) is 19.9 Å². The number of hydrogen-bond donors (Lipinski definition) is 1. The van der Waals surface area contributed by atoms with Crippen LogP contribution >= 0.6 is 0 Å². The fraction of sp³-hybridized carbons (Fsp3) is 0.250. The van der Waals surface area contributed by atoms with Gasteiger partial charge in [-0.15, -0.1) is 0 Å². The molecule has 0 radical (unpaired) electrons. The number of rotatable bonds is 3. The number of hydrogen-bond acceptors (Lipinski definition) is 3. The van der Waals surface area contributed by atoms with Gasteiger partial charge in [0.15, 0.2) is 0 Å². The highest BCUT2D eigenvalue weighted by Crippen LogP contribution is 2.09. The summed E-state index contributed by atoms with van der Waals surface area (Å²) in [5.74, 6) is 5.10. The molecule has 0 fully saturated rings. The first-order chi connectivity index (χ1) is 10.1. The van der Waals surface area contributed by atoms with Crippen molar-refractivity contribution in [3.63, 3.8) is 0 Å². The van der Waals surface area contributed by atoms with Gasteiger partial charge >= 0.3 is 0 Å². The minimum atomic E-state index is -0.416. The topological polar surface area (TPSA) is 55.1 Å². The molecule has 1 aromatic carbocycles. The van der Waals surface area contributed by atoms with Crippen LogP contribution in [-0.4, -0.2) is 21.5 Å². The second-order valence-corrected chi connectivity index (χ2v) is 4.65. The molecule has 2 aromatic rings. The van der Waals surface area contributed by atoms with Crippen LogP contribution < -0.4 is 5.56 Å². The molecule has 0 amide bonds. The van der Waals surface area contributed by atoms with Crippen molar-refractivity contribution in [3.05, 3.63) is 63.3 Å². The van der Waals surface area contributed by atoms with Crippen LogP contribution in [0.4, 0.5) is 4.39 Å². The number of benzene rings is 1. The Kier molecular flexibility index (Phi) is 4.85. The van der Waals surface area contributed by atoms with Crippen molar-refractivity contribution in [1.82, 2.24) is 9.78 Å². The summed E-state index contributed by atoms with van der Waals surface area (Å²) in [6.45, 7) is 1.94. The summed E-state index contributed by atoms with van der Waals surface area (Å²) in [5.41, 5.74) is 1.68. The van der Waals surface area contributed by atoms with Crippen LogP contribution in [0.25, 0.3) is 0 Å². The normalized spacial score (nSPS) is 10.0. The fourth-order valence-corrected chi connectivity index (χ4v) is 1.85. The van der Waals surface area contributed by atoms with E-state index in [1.807, 2.05) is 0 Å².